The third-order valence-electron chi connectivity index (χ3n) is 3.90. The number of hydrogen-bond donors (Lipinski definition) is 3. The van der Waals surface area contributed by atoms with Crippen LogP contribution in [-0.4, -0.2) is 45.2 Å². The van der Waals surface area contributed by atoms with Crippen molar-refractivity contribution in [3.63, 3.8) is 0 Å². The van der Waals surface area contributed by atoms with E-state index in [9.17, 15) is 9.59 Å². The first-order valence-electron chi connectivity index (χ1n) is 9.16. The zero-order valence-electron chi connectivity index (χ0n) is 16.4. The van der Waals surface area contributed by atoms with Crippen molar-refractivity contribution in [3.8, 4) is 10.6 Å². The predicted octanol–water partition coefficient (Wildman–Crippen LogP) is 2.41. The molecule has 3 aromatic rings. The Morgan fingerprint density at radius 3 is 2.67 bits per heavy atom. The van der Waals surface area contributed by atoms with Crippen molar-refractivity contribution in [1.82, 2.24) is 20.1 Å². The van der Waals surface area contributed by atoms with Gasteiger partial charge in [-0.3, -0.25) is 19.1 Å². The molecule has 0 radical (unpaired) electrons. The summed E-state index contributed by atoms with van der Waals surface area (Å²) in [5.41, 5.74) is 2.43. The molecule has 0 bridgehead atoms. The minimum atomic E-state index is -0.250. The van der Waals surface area contributed by atoms with E-state index >= 15 is 0 Å². The van der Waals surface area contributed by atoms with E-state index in [0.29, 0.717) is 25.1 Å². The smallest absolute Gasteiger partial charge is 0.290 e. The highest BCUT2D eigenvalue weighted by Gasteiger charge is 2.10. The molecule has 2 amide bonds. The molecule has 0 saturated heterocycles. The van der Waals surface area contributed by atoms with Crippen LogP contribution in [0.15, 0.2) is 48.1 Å². The van der Waals surface area contributed by atoms with Crippen molar-refractivity contribution in [2.75, 3.05) is 12.4 Å². The molecule has 10 heteroatoms. The number of aromatic nitrogens is 3. The fraction of sp³-hybridized carbons (Fsp3) is 0.250. The minimum Gasteiger partial charge on any atom is -0.483 e. The van der Waals surface area contributed by atoms with Crippen molar-refractivity contribution < 1.29 is 19.5 Å². The molecule has 2 aromatic heterocycles. The molecule has 1 aromatic carbocycles. The molecule has 3 N–H and O–H groups in total. The van der Waals surface area contributed by atoms with Gasteiger partial charge in [0.05, 0.1) is 24.0 Å². The average Bonchev–Trinajstić information content (AvgIpc) is 3.38. The second-order valence-electron chi connectivity index (χ2n) is 6.11. The quantitative estimate of drug-likeness (QED) is 0.472. The van der Waals surface area contributed by atoms with Crippen LogP contribution in [0.3, 0.4) is 0 Å². The third-order valence-corrected chi connectivity index (χ3v) is 4.84. The van der Waals surface area contributed by atoms with Gasteiger partial charge >= 0.3 is 0 Å². The molecule has 158 valence electrons. The lowest BCUT2D eigenvalue weighted by atomic mass is 10.2. The monoisotopic (exact) mass is 429 g/mol. The van der Waals surface area contributed by atoms with Crippen molar-refractivity contribution >= 4 is 35.3 Å². The molecule has 0 saturated carbocycles. The molecule has 0 fully saturated rings. The van der Waals surface area contributed by atoms with E-state index in [2.05, 4.69) is 20.7 Å². The normalized spacial score (nSPS) is 9.90. The molecule has 3 rings (SSSR count). The van der Waals surface area contributed by atoms with E-state index < -0.39 is 0 Å². The first kappa shape index (κ1) is 22.8. The number of rotatable bonds is 8. The summed E-state index contributed by atoms with van der Waals surface area (Å²) in [5.74, 6) is -0.126. The summed E-state index contributed by atoms with van der Waals surface area (Å²) in [5, 5.41) is 19.3. The Labute approximate surface area is 177 Å². The maximum absolute atomic E-state index is 12.2. The summed E-state index contributed by atoms with van der Waals surface area (Å²) in [6.07, 6.45) is 4.72. The van der Waals surface area contributed by atoms with Crippen LogP contribution in [-0.2, 0) is 27.3 Å². The van der Waals surface area contributed by atoms with Crippen molar-refractivity contribution in [3.05, 3.63) is 53.8 Å². The largest absolute Gasteiger partial charge is 0.483 e. The Morgan fingerprint density at radius 2 is 1.97 bits per heavy atom. The Hall–Kier alpha value is -3.53. The zero-order chi connectivity index (χ0) is 21.8. The van der Waals surface area contributed by atoms with Gasteiger partial charge in [0.1, 0.15) is 5.01 Å². The average molecular weight is 430 g/mol. The Balaban J connectivity index is 0.00000101. The van der Waals surface area contributed by atoms with Crippen molar-refractivity contribution in [2.24, 2.45) is 0 Å². The van der Waals surface area contributed by atoms with E-state index in [0.717, 1.165) is 16.3 Å². The van der Waals surface area contributed by atoms with Crippen molar-refractivity contribution in [2.45, 2.75) is 25.8 Å². The summed E-state index contributed by atoms with van der Waals surface area (Å²) >= 11 is 1.53. The molecule has 0 atom stereocenters. The minimum absolute atomic E-state index is 0.00816. The molecule has 9 nitrogen and oxygen atoms in total. The van der Waals surface area contributed by atoms with Gasteiger partial charge < -0.3 is 15.7 Å². The fourth-order valence-corrected chi connectivity index (χ4v) is 3.37. The standard InChI is InChI=1S/C19H21N5O2S.CH2O2/c1-20-17(25)8-5-9-24-12-16(11-21-24)22-18(26)10-15-13-27-19(23-15)14-6-3-2-4-7-14;2-1-3/h2-4,6-7,11-13H,5,8-10H2,1H3,(H,20,25)(H,22,26);1H,(H,2,3). The number of carboxylic acid groups (broad SMARTS) is 1. The van der Waals surface area contributed by atoms with Gasteiger partial charge in [-0.25, -0.2) is 4.98 Å². The van der Waals surface area contributed by atoms with Crippen LogP contribution in [0, 0.1) is 0 Å². The SMILES string of the molecule is CNC(=O)CCCn1cc(NC(=O)Cc2csc(-c3ccccc3)n2)cn1.O=CO. The van der Waals surface area contributed by atoms with Gasteiger partial charge in [0.2, 0.25) is 11.8 Å². The number of carbonyl (C=O) groups is 3. The topological polar surface area (TPSA) is 126 Å². The number of carbonyl (C=O) groups excluding carboxylic acids is 2. The number of aryl methyl sites for hydroxylation is 1. The third kappa shape index (κ3) is 7.47. The van der Waals surface area contributed by atoms with Gasteiger partial charge in [-0.1, -0.05) is 30.3 Å². The first-order valence-corrected chi connectivity index (χ1v) is 10.0. The van der Waals surface area contributed by atoms with E-state index in [1.807, 2.05) is 35.7 Å². The molecule has 0 spiro atoms. The highest BCUT2D eigenvalue weighted by atomic mass is 32.1. The summed E-state index contributed by atoms with van der Waals surface area (Å²) in [7, 11) is 1.62. The van der Waals surface area contributed by atoms with E-state index in [1.54, 1.807) is 24.1 Å². The highest BCUT2D eigenvalue weighted by molar-refractivity contribution is 7.13. The molecule has 30 heavy (non-hydrogen) atoms. The van der Waals surface area contributed by atoms with Gasteiger partial charge in [0.25, 0.3) is 6.47 Å². The molecule has 0 aliphatic heterocycles. The lowest BCUT2D eigenvalue weighted by Gasteiger charge is -2.02. The number of benzene rings is 1. The lowest BCUT2D eigenvalue weighted by molar-refractivity contribution is -0.123. The number of thiazole rings is 1. The van der Waals surface area contributed by atoms with Gasteiger partial charge in [-0.15, -0.1) is 11.3 Å². The Morgan fingerprint density at radius 1 is 1.23 bits per heavy atom. The van der Waals surface area contributed by atoms with Crippen LogP contribution in [0.1, 0.15) is 18.5 Å². The molecule has 0 aliphatic rings. The molecule has 0 unspecified atom stereocenters. The van der Waals surface area contributed by atoms with Crippen LogP contribution in [0.4, 0.5) is 5.69 Å². The van der Waals surface area contributed by atoms with E-state index in [1.165, 1.54) is 11.3 Å². The lowest BCUT2D eigenvalue weighted by Crippen LogP contribution is -2.17. The number of amides is 2. The van der Waals surface area contributed by atoms with Crippen LogP contribution >= 0.6 is 11.3 Å². The van der Waals surface area contributed by atoms with Crippen LogP contribution in [0.5, 0.6) is 0 Å². The Bertz CT molecular complexity index is 955. The maximum atomic E-state index is 12.2. The second-order valence-corrected chi connectivity index (χ2v) is 6.97. The number of nitrogens with one attached hydrogen (secondary N) is 2. The second kappa shape index (κ2) is 12.1. The fourth-order valence-electron chi connectivity index (χ4n) is 2.55. The number of anilines is 1. The maximum Gasteiger partial charge on any atom is 0.290 e. The van der Waals surface area contributed by atoms with Gasteiger partial charge in [0, 0.05) is 37.2 Å². The van der Waals surface area contributed by atoms with Gasteiger partial charge in [0.15, 0.2) is 0 Å². The van der Waals surface area contributed by atoms with Crippen molar-refractivity contribution in [1.29, 1.82) is 0 Å². The van der Waals surface area contributed by atoms with E-state index in [-0.39, 0.29) is 24.7 Å². The number of hydrogen-bond acceptors (Lipinski definition) is 6. The predicted molar refractivity (Wildman–Crippen MR) is 114 cm³/mol. The molecule has 2 heterocycles. The number of nitrogens with zero attached hydrogens (tertiary/aromatic N) is 3. The summed E-state index contributed by atoms with van der Waals surface area (Å²) < 4.78 is 1.72. The zero-order valence-corrected chi connectivity index (χ0v) is 17.3. The first-order chi connectivity index (χ1) is 14.5. The van der Waals surface area contributed by atoms with Crippen LogP contribution < -0.4 is 10.6 Å². The van der Waals surface area contributed by atoms with E-state index in [4.69, 9.17) is 9.90 Å². The van der Waals surface area contributed by atoms with Crippen LogP contribution in [0.2, 0.25) is 0 Å². The highest BCUT2D eigenvalue weighted by Crippen LogP contribution is 2.23. The summed E-state index contributed by atoms with van der Waals surface area (Å²) in [4.78, 5) is 36.4. The van der Waals surface area contributed by atoms with Crippen LogP contribution in [0.25, 0.3) is 10.6 Å². The molecular weight excluding hydrogens is 406 g/mol. The summed E-state index contributed by atoms with van der Waals surface area (Å²) in [6.45, 7) is 0.371. The van der Waals surface area contributed by atoms with Gasteiger partial charge in [-0.2, -0.15) is 5.10 Å². The summed E-state index contributed by atoms with van der Waals surface area (Å²) in [6, 6.07) is 9.90. The molecular formula is C20H23N5O4S. The van der Waals surface area contributed by atoms with Gasteiger partial charge in [-0.05, 0) is 6.42 Å². The molecule has 0 aliphatic carbocycles. The Kier molecular flexibility index (Phi) is 9.19.